The second-order valence-electron chi connectivity index (χ2n) is 4.72. The quantitative estimate of drug-likeness (QED) is 0.796. The number of anilines is 2. The second-order valence-corrected chi connectivity index (χ2v) is 5.70. The molecular weight excluding hydrogens is 278 g/mol. The molecule has 112 valence electrons. The van der Waals surface area contributed by atoms with Crippen molar-refractivity contribution >= 4 is 34.1 Å². The molecule has 0 aliphatic carbocycles. The number of nitrogen functional groups attached to an aromatic ring is 1. The third-order valence-electron chi connectivity index (χ3n) is 2.85. The highest BCUT2D eigenvalue weighted by Gasteiger charge is 2.25. The Labute approximate surface area is 122 Å². The first-order valence-corrected chi connectivity index (χ1v) is 7.16. The summed E-state index contributed by atoms with van der Waals surface area (Å²) >= 11 is 1.22. The van der Waals surface area contributed by atoms with Crippen LogP contribution in [0.3, 0.4) is 0 Å². The monoisotopic (exact) mass is 299 g/mol. The van der Waals surface area contributed by atoms with Crippen LogP contribution in [0, 0.1) is 0 Å². The lowest BCUT2D eigenvalue weighted by molar-refractivity contribution is -0.119. The summed E-state index contributed by atoms with van der Waals surface area (Å²) in [5.41, 5.74) is 11.0. The Morgan fingerprint density at radius 3 is 2.45 bits per heavy atom. The number of carbonyl (C=O) groups excluding carboxylic acids is 2. The van der Waals surface area contributed by atoms with Crippen LogP contribution in [0.15, 0.2) is 0 Å². The molecule has 7 nitrogen and oxygen atoms in total. The molecule has 1 rings (SSSR count). The number of hydrogen-bond acceptors (Lipinski definition) is 6. The smallest absolute Gasteiger partial charge is 0.268 e. The van der Waals surface area contributed by atoms with Crippen molar-refractivity contribution in [3.63, 3.8) is 0 Å². The maximum Gasteiger partial charge on any atom is 0.268 e. The Balaban J connectivity index is 3.06. The van der Waals surface area contributed by atoms with Gasteiger partial charge in [-0.15, -0.1) is 0 Å². The van der Waals surface area contributed by atoms with Crippen LogP contribution in [0.2, 0.25) is 0 Å². The van der Waals surface area contributed by atoms with Crippen molar-refractivity contribution in [1.29, 1.82) is 0 Å². The molecule has 0 atom stereocenters. The van der Waals surface area contributed by atoms with Gasteiger partial charge in [-0.3, -0.25) is 9.59 Å². The number of nitrogens with two attached hydrogens (primary N) is 2. The van der Waals surface area contributed by atoms with Crippen molar-refractivity contribution in [3.05, 3.63) is 4.88 Å². The minimum Gasteiger partial charge on any atom is -0.382 e. The van der Waals surface area contributed by atoms with E-state index in [4.69, 9.17) is 11.5 Å². The maximum atomic E-state index is 12.5. The third kappa shape index (κ3) is 3.60. The summed E-state index contributed by atoms with van der Waals surface area (Å²) in [6.07, 6.45) is 0. The first kappa shape index (κ1) is 16.2. The van der Waals surface area contributed by atoms with Crippen molar-refractivity contribution in [2.75, 3.05) is 30.8 Å². The molecule has 4 N–H and O–H groups in total. The van der Waals surface area contributed by atoms with Gasteiger partial charge in [0.2, 0.25) is 5.91 Å². The van der Waals surface area contributed by atoms with Gasteiger partial charge >= 0.3 is 0 Å². The molecule has 8 heteroatoms. The van der Waals surface area contributed by atoms with E-state index in [9.17, 15) is 9.59 Å². The number of aromatic nitrogens is 1. The van der Waals surface area contributed by atoms with E-state index in [2.05, 4.69) is 4.98 Å². The topological polar surface area (TPSA) is 106 Å². The average Bonchev–Trinajstić information content (AvgIpc) is 2.75. The number of carbonyl (C=O) groups is 2. The van der Waals surface area contributed by atoms with E-state index in [1.54, 1.807) is 0 Å². The van der Waals surface area contributed by atoms with Crippen molar-refractivity contribution in [2.24, 2.45) is 5.73 Å². The van der Waals surface area contributed by atoms with E-state index in [-0.39, 0.29) is 24.3 Å². The highest BCUT2D eigenvalue weighted by atomic mass is 32.1. The van der Waals surface area contributed by atoms with Gasteiger partial charge < -0.3 is 21.3 Å². The molecule has 2 amide bonds. The van der Waals surface area contributed by atoms with E-state index in [0.717, 1.165) is 6.54 Å². The molecule has 1 aromatic rings. The minimum atomic E-state index is -0.555. The lowest BCUT2D eigenvalue weighted by Crippen LogP contribution is -2.42. The van der Waals surface area contributed by atoms with E-state index in [1.807, 2.05) is 32.7 Å². The molecule has 0 saturated carbocycles. The van der Waals surface area contributed by atoms with Crippen LogP contribution in [0.25, 0.3) is 0 Å². The fraction of sp³-hybridized carbons (Fsp3) is 0.583. The molecule has 0 fully saturated rings. The van der Waals surface area contributed by atoms with Crippen LogP contribution in [-0.4, -0.2) is 47.9 Å². The van der Waals surface area contributed by atoms with Gasteiger partial charge in [-0.05, 0) is 20.8 Å². The number of hydrogen-bond donors (Lipinski definition) is 2. The second kappa shape index (κ2) is 6.56. The summed E-state index contributed by atoms with van der Waals surface area (Å²) in [6.45, 7) is 6.24. The predicted octanol–water partition coefficient (Wildman–Crippen LogP) is 0.517. The van der Waals surface area contributed by atoms with Crippen molar-refractivity contribution in [3.8, 4) is 0 Å². The van der Waals surface area contributed by atoms with Gasteiger partial charge in [-0.1, -0.05) is 11.3 Å². The van der Waals surface area contributed by atoms with Crippen molar-refractivity contribution < 1.29 is 9.59 Å². The normalized spacial score (nSPS) is 10.7. The van der Waals surface area contributed by atoms with E-state index in [1.165, 1.54) is 16.2 Å². The zero-order valence-corrected chi connectivity index (χ0v) is 13.0. The molecular formula is C12H21N5O2S. The fourth-order valence-electron chi connectivity index (χ4n) is 1.56. The van der Waals surface area contributed by atoms with Crippen LogP contribution in [0.4, 0.5) is 10.9 Å². The Morgan fingerprint density at radius 2 is 2.00 bits per heavy atom. The lowest BCUT2D eigenvalue weighted by Gasteiger charge is -2.24. The SMILES string of the molecule is CCN(C)c1nc(N)c(C(=O)N(CC(N)=O)C(C)C)s1. The summed E-state index contributed by atoms with van der Waals surface area (Å²) in [4.78, 5) is 31.3. The Hall–Kier alpha value is -1.83. The van der Waals surface area contributed by atoms with Gasteiger partial charge in [0, 0.05) is 19.6 Å². The number of amides is 2. The van der Waals surface area contributed by atoms with Crippen LogP contribution >= 0.6 is 11.3 Å². The number of primary amides is 1. The van der Waals surface area contributed by atoms with Crippen LogP contribution in [0.5, 0.6) is 0 Å². The number of rotatable bonds is 6. The molecule has 0 bridgehead atoms. The molecule has 1 heterocycles. The molecule has 0 saturated heterocycles. The third-order valence-corrected chi connectivity index (χ3v) is 4.02. The van der Waals surface area contributed by atoms with Gasteiger partial charge in [-0.25, -0.2) is 4.98 Å². The van der Waals surface area contributed by atoms with Gasteiger partial charge in [-0.2, -0.15) is 0 Å². The Kier molecular flexibility index (Phi) is 5.32. The fourth-order valence-corrected chi connectivity index (χ4v) is 2.53. The van der Waals surface area contributed by atoms with Crippen LogP contribution in [-0.2, 0) is 4.79 Å². The van der Waals surface area contributed by atoms with Crippen molar-refractivity contribution in [2.45, 2.75) is 26.8 Å². The van der Waals surface area contributed by atoms with Crippen LogP contribution < -0.4 is 16.4 Å². The number of thiazole rings is 1. The summed E-state index contributed by atoms with van der Waals surface area (Å²) in [5.74, 6) is -0.684. The molecule has 0 spiro atoms. The summed E-state index contributed by atoms with van der Waals surface area (Å²) in [6, 6.07) is -0.149. The molecule has 0 aromatic carbocycles. The summed E-state index contributed by atoms with van der Waals surface area (Å²) < 4.78 is 0. The zero-order chi connectivity index (χ0) is 15.4. The summed E-state index contributed by atoms with van der Waals surface area (Å²) in [7, 11) is 1.87. The molecule has 1 aromatic heterocycles. The van der Waals surface area contributed by atoms with Crippen LogP contribution in [0.1, 0.15) is 30.4 Å². The van der Waals surface area contributed by atoms with E-state index < -0.39 is 5.91 Å². The highest BCUT2D eigenvalue weighted by molar-refractivity contribution is 7.18. The van der Waals surface area contributed by atoms with Crippen molar-refractivity contribution in [1.82, 2.24) is 9.88 Å². The largest absolute Gasteiger partial charge is 0.382 e. The average molecular weight is 299 g/mol. The Bertz CT molecular complexity index is 500. The van der Waals surface area contributed by atoms with E-state index in [0.29, 0.717) is 10.0 Å². The molecule has 0 radical (unpaired) electrons. The van der Waals surface area contributed by atoms with Gasteiger partial charge in [0.25, 0.3) is 5.91 Å². The molecule has 0 aliphatic heterocycles. The predicted molar refractivity (Wildman–Crippen MR) is 80.8 cm³/mol. The summed E-state index contributed by atoms with van der Waals surface area (Å²) in [5, 5.41) is 0.677. The lowest BCUT2D eigenvalue weighted by atomic mass is 10.3. The minimum absolute atomic E-state index is 0.132. The highest BCUT2D eigenvalue weighted by Crippen LogP contribution is 2.28. The van der Waals surface area contributed by atoms with E-state index >= 15 is 0 Å². The standard InChI is InChI=1S/C12H21N5O2S/c1-5-16(4)12-15-10(14)9(20-12)11(19)17(7(2)3)6-8(13)18/h7H,5-6,14H2,1-4H3,(H2,13,18). The molecule has 20 heavy (non-hydrogen) atoms. The molecule has 0 unspecified atom stereocenters. The zero-order valence-electron chi connectivity index (χ0n) is 12.2. The van der Waals surface area contributed by atoms with Gasteiger partial charge in [0.05, 0.1) is 6.54 Å². The first-order valence-electron chi connectivity index (χ1n) is 6.34. The maximum absolute atomic E-state index is 12.5. The molecule has 0 aliphatic rings. The number of nitrogens with zero attached hydrogens (tertiary/aromatic N) is 3. The van der Waals surface area contributed by atoms with Gasteiger partial charge in [0.15, 0.2) is 5.13 Å². The first-order chi connectivity index (χ1) is 9.27. The van der Waals surface area contributed by atoms with Gasteiger partial charge in [0.1, 0.15) is 10.7 Å². The Morgan fingerprint density at radius 1 is 1.40 bits per heavy atom.